The molecule has 16 heteroatoms. The van der Waals surface area contributed by atoms with Crippen molar-refractivity contribution in [2.75, 3.05) is 41.5 Å². The molecule has 2 aromatic rings. The Morgan fingerprint density at radius 2 is 0.948 bits per heavy atom. The number of hydrogen-bond acceptors (Lipinski definition) is 12. The fraction of sp³-hybridized carbons (Fsp3) is 0.571. The van der Waals surface area contributed by atoms with Crippen molar-refractivity contribution < 1.29 is 57.8 Å². The highest BCUT2D eigenvalue weighted by atomic mass is 79.9. The molecular weight excluding hydrogens is 884 g/mol. The van der Waals surface area contributed by atoms with Gasteiger partial charge >= 0.3 is 23.9 Å². The van der Waals surface area contributed by atoms with E-state index in [0.717, 1.165) is 24.0 Å². The van der Waals surface area contributed by atoms with Gasteiger partial charge in [-0.1, -0.05) is 45.7 Å². The van der Waals surface area contributed by atoms with Crippen LogP contribution in [0.3, 0.4) is 0 Å². The lowest BCUT2D eigenvalue weighted by Crippen LogP contribution is -2.38. The minimum absolute atomic E-state index is 0.00561. The molecule has 0 spiro atoms. The van der Waals surface area contributed by atoms with Gasteiger partial charge in [0.15, 0.2) is 23.0 Å². The van der Waals surface area contributed by atoms with E-state index in [0.29, 0.717) is 74.9 Å². The standard InChI is InChI=1S/C42H52Br2N2O12/c1-7-33(47)57-37-29(53-3)9-23(10-30(37)54-4)19-45-21-41(43)15-25(13-27(45)17-41)35(39(49)50)36(40(51)52)26-14-28-18-42(44,16-26)22-46(28)20-24-11-31(55-5)38(32(12-24)56-6)58-34(48)8-2/h9-12,25-28H,7-8,13-22H2,1-6H3,(H,49,50)(H,51,52)/b36-35+. The van der Waals surface area contributed by atoms with Crippen LogP contribution in [-0.2, 0) is 32.3 Å². The monoisotopic (exact) mass is 934 g/mol. The van der Waals surface area contributed by atoms with Crippen molar-refractivity contribution >= 4 is 55.7 Å². The average molecular weight is 937 g/mol. The average Bonchev–Trinajstić information content (AvgIpc) is 3.55. The predicted octanol–water partition coefficient (Wildman–Crippen LogP) is 6.75. The molecule has 2 aliphatic heterocycles. The Balaban J connectivity index is 1.24. The molecule has 0 amide bonds. The van der Waals surface area contributed by atoms with E-state index in [1.807, 2.05) is 24.3 Å². The van der Waals surface area contributed by atoms with Crippen LogP contribution >= 0.6 is 31.9 Å². The van der Waals surface area contributed by atoms with Crippen molar-refractivity contribution in [3.05, 3.63) is 46.5 Å². The Morgan fingerprint density at radius 3 is 1.22 bits per heavy atom. The number of ether oxygens (including phenoxy) is 6. The van der Waals surface area contributed by atoms with Gasteiger partial charge in [-0.3, -0.25) is 19.4 Å². The number of rotatable bonds is 16. The minimum atomic E-state index is -1.19. The summed E-state index contributed by atoms with van der Waals surface area (Å²) in [6.45, 7) is 5.65. The van der Waals surface area contributed by atoms with Gasteiger partial charge in [-0.2, -0.15) is 0 Å². The van der Waals surface area contributed by atoms with Crippen molar-refractivity contribution in [1.82, 2.24) is 9.80 Å². The molecule has 2 aliphatic carbocycles. The zero-order valence-corrected chi connectivity index (χ0v) is 36.9. The number of nitrogens with zero attached hydrogens (tertiary/aromatic N) is 2. The lowest BCUT2D eigenvalue weighted by molar-refractivity contribution is -0.137. The molecule has 6 rings (SSSR count). The first kappa shape index (κ1) is 43.7. The number of carbonyl (C=O) groups excluding carboxylic acids is 2. The Hall–Kier alpha value is -3.86. The highest BCUT2D eigenvalue weighted by Crippen LogP contribution is 2.54. The fourth-order valence-corrected chi connectivity index (χ4v) is 11.8. The van der Waals surface area contributed by atoms with Gasteiger partial charge in [-0.25, -0.2) is 9.59 Å². The van der Waals surface area contributed by atoms with Crippen LogP contribution in [0.4, 0.5) is 0 Å². The SMILES string of the molecule is CCC(=O)Oc1c(OC)cc(CN2CC3(Br)CC(/C(C(=O)O)=C(\C(=O)O)C4CC5CC(Br)(C4)CN5Cc4cc(OC)c(OC(=O)CC)c(OC)c4)CC2C3)cc1OC. The van der Waals surface area contributed by atoms with Gasteiger partial charge in [-0.05, 0) is 85.8 Å². The van der Waals surface area contributed by atoms with E-state index < -0.39 is 44.4 Å². The molecule has 4 bridgehead atoms. The summed E-state index contributed by atoms with van der Waals surface area (Å²) in [5, 5.41) is 21.7. The number of carbonyl (C=O) groups is 4. The third-order valence-corrected chi connectivity index (χ3v) is 13.7. The Labute approximate surface area is 355 Å². The van der Waals surface area contributed by atoms with Crippen LogP contribution in [0.25, 0.3) is 0 Å². The van der Waals surface area contributed by atoms with E-state index in [1.165, 1.54) is 28.4 Å². The first-order valence-electron chi connectivity index (χ1n) is 19.5. The number of carboxylic acids is 2. The van der Waals surface area contributed by atoms with Gasteiger partial charge in [0, 0.05) is 59.8 Å². The van der Waals surface area contributed by atoms with Crippen molar-refractivity contribution in [1.29, 1.82) is 0 Å². The minimum Gasteiger partial charge on any atom is -0.493 e. The number of aliphatic carboxylic acids is 2. The maximum Gasteiger partial charge on any atom is 0.332 e. The summed E-state index contributed by atoms with van der Waals surface area (Å²) in [6, 6.07) is 7.21. The summed E-state index contributed by atoms with van der Waals surface area (Å²) in [5.41, 5.74) is 1.72. The number of hydrogen-bond donors (Lipinski definition) is 2. The van der Waals surface area contributed by atoms with Crippen molar-refractivity contribution in [3.8, 4) is 34.5 Å². The Kier molecular flexibility index (Phi) is 13.4. The largest absolute Gasteiger partial charge is 0.493 e. The van der Waals surface area contributed by atoms with Gasteiger partial charge < -0.3 is 38.6 Å². The number of esters is 2. The molecule has 6 atom stereocenters. The maximum atomic E-state index is 13.3. The zero-order valence-electron chi connectivity index (χ0n) is 33.7. The molecule has 0 radical (unpaired) electrons. The van der Waals surface area contributed by atoms with E-state index in [9.17, 15) is 29.4 Å². The van der Waals surface area contributed by atoms with Crippen LogP contribution in [0, 0.1) is 11.8 Å². The number of carboxylic acid groups (broad SMARTS) is 2. The van der Waals surface area contributed by atoms with Crippen LogP contribution in [0.5, 0.6) is 34.5 Å². The molecule has 0 aromatic heterocycles. The molecule has 2 saturated heterocycles. The number of fused-ring (bicyclic) bond motifs is 4. The second kappa shape index (κ2) is 17.8. The fourth-order valence-electron chi connectivity index (χ4n) is 9.61. The summed E-state index contributed by atoms with van der Waals surface area (Å²) in [6.07, 6.45) is 3.87. The molecule has 2 aromatic carbocycles. The summed E-state index contributed by atoms with van der Waals surface area (Å²) < 4.78 is 32.5. The van der Waals surface area contributed by atoms with Crippen molar-refractivity contribution in [2.24, 2.45) is 11.8 Å². The highest BCUT2D eigenvalue weighted by Gasteiger charge is 2.53. The molecule has 6 unspecified atom stereocenters. The van der Waals surface area contributed by atoms with E-state index in [2.05, 4.69) is 41.7 Å². The number of likely N-dealkylation sites (tertiary alicyclic amines) is 2. The van der Waals surface area contributed by atoms with Gasteiger partial charge in [0.05, 0.1) is 39.6 Å². The summed E-state index contributed by atoms with van der Waals surface area (Å²) in [4.78, 5) is 55.4. The molecular formula is C42H52Br2N2O12. The van der Waals surface area contributed by atoms with Crippen LogP contribution in [0.1, 0.15) is 76.3 Å². The first-order chi connectivity index (χ1) is 27.6. The van der Waals surface area contributed by atoms with Gasteiger partial charge in [-0.15, -0.1) is 0 Å². The number of methoxy groups -OCH3 is 4. The van der Waals surface area contributed by atoms with Crippen molar-refractivity contribution in [3.63, 3.8) is 0 Å². The summed E-state index contributed by atoms with van der Waals surface area (Å²) >= 11 is 7.96. The maximum absolute atomic E-state index is 13.3. The second-order valence-electron chi connectivity index (χ2n) is 15.9. The normalized spacial score (nSPS) is 27.0. The number of halogens is 2. The summed E-state index contributed by atoms with van der Waals surface area (Å²) in [5.74, 6) is -2.32. The first-order valence-corrected chi connectivity index (χ1v) is 21.1. The quantitative estimate of drug-likeness (QED) is 0.0784. The van der Waals surface area contributed by atoms with E-state index in [-0.39, 0.29) is 47.6 Å². The Morgan fingerprint density at radius 1 is 0.621 bits per heavy atom. The molecule has 2 saturated carbocycles. The third-order valence-electron chi connectivity index (χ3n) is 11.9. The predicted molar refractivity (Wildman–Crippen MR) is 220 cm³/mol. The molecule has 4 aliphatic rings. The van der Waals surface area contributed by atoms with Crippen LogP contribution < -0.4 is 28.4 Å². The zero-order chi connectivity index (χ0) is 42.1. The highest BCUT2D eigenvalue weighted by molar-refractivity contribution is 9.10. The molecule has 14 nitrogen and oxygen atoms in total. The van der Waals surface area contributed by atoms with E-state index in [4.69, 9.17) is 28.4 Å². The lowest BCUT2D eigenvalue weighted by Gasteiger charge is -2.37. The molecule has 316 valence electrons. The molecule has 2 N–H and O–H groups in total. The number of benzene rings is 2. The van der Waals surface area contributed by atoms with Crippen molar-refractivity contribution in [2.45, 2.75) is 99.0 Å². The van der Waals surface area contributed by atoms with Gasteiger partial charge in [0.2, 0.25) is 11.5 Å². The van der Waals surface area contributed by atoms with Crippen LogP contribution in [0.2, 0.25) is 0 Å². The second-order valence-corrected chi connectivity index (χ2v) is 19.2. The summed E-state index contributed by atoms with van der Waals surface area (Å²) in [7, 11) is 5.99. The number of alkyl halides is 2. The van der Waals surface area contributed by atoms with E-state index >= 15 is 0 Å². The topological polar surface area (TPSA) is 171 Å². The Bertz CT molecular complexity index is 1790. The van der Waals surface area contributed by atoms with Gasteiger partial charge in [0.25, 0.3) is 0 Å². The molecule has 2 heterocycles. The molecule has 4 fully saturated rings. The van der Waals surface area contributed by atoms with Crippen LogP contribution in [-0.4, -0.2) is 106 Å². The van der Waals surface area contributed by atoms with E-state index in [1.54, 1.807) is 13.8 Å². The third kappa shape index (κ3) is 9.14. The lowest BCUT2D eigenvalue weighted by atomic mass is 9.71. The smallest absolute Gasteiger partial charge is 0.332 e. The molecule has 58 heavy (non-hydrogen) atoms. The van der Waals surface area contributed by atoms with Crippen LogP contribution in [0.15, 0.2) is 35.4 Å². The van der Waals surface area contributed by atoms with Gasteiger partial charge in [0.1, 0.15) is 0 Å².